The van der Waals surface area contributed by atoms with E-state index in [4.69, 9.17) is 4.74 Å². The van der Waals surface area contributed by atoms with E-state index in [2.05, 4.69) is 15.4 Å². The highest BCUT2D eigenvalue weighted by atomic mass is 16.5. The largest absolute Gasteiger partial charge is 0.465 e. The predicted molar refractivity (Wildman–Crippen MR) is 102 cm³/mol. The normalized spacial score (nSPS) is 9.96. The smallest absolute Gasteiger partial charge is 0.338 e. The predicted octanol–water partition coefficient (Wildman–Crippen LogP) is 2.54. The topological polar surface area (TPSA) is 111 Å². The van der Waals surface area contributed by atoms with Gasteiger partial charge in [0.1, 0.15) is 0 Å². The average Bonchev–Trinajstić information content (AvgIpc) is 2.66. The second-order valence-electron chi connectivity index (χ2n) is 5.91. The molecule has 146 valence electrons. The van der Waals surface area contributed by atoms with Gasteiger partial charge >= 0.3 is 11.9 Å². The number of aryl methyl sites for hydroxylation is 1. The van der Waals surface area contributed by atoms with Crippen LogP contribution in [0.2, 0.25) is 0 Å². The fourth-order valence-electron chi connectivity index (χ4n) is 2.33. The fraction of sp³-hybridized carbons (Fsp3) is 0.200. The Balaban J connectivity index is 1.98. The zero-order valence-electron chi connectivity index (χ0n) is 15.7. The lowest BCUT2D eigenvalue weighted by atomic mass is 10.1. The van der Waals surface area contributed by atoms with Crippen molar-refractivity contribution >= 4 is 35.1 Å². The van der Waals surface area contributed by atoms with Gasteiger partial charge in [-0.15, -0.1) is 0 Å². The summed E-state index contributed by atoms with van der Waals surface area (Å²) in [7, 11) is 1.26. The van der Waals surface area contributed by atoms with E-state index >= 15 is 0 Å². The molecule has 0 aliphatic heterocycles. The first-order valence-corrected chi connectivity index (χ1v) is 8.33. The zero-order chi connectivity index (χ0) is 20.7. The zero-order valence-corrected chi connectivity index (χ0v) is 15.7. The molecule has 2 aromatic carbocycles. The Labute approximate surface area is 161 Å². The Bertz CT molecular complexity index is 923. The molecule has 0 unspecified atom stereocenters. The summed E-state index contributed by atoms with van der Waals surface area (Å²) in [6.07, 6.45) is 0. The van der Waals surface area contributed by atoms with Crippen LogP contribution in [0.1, 0.15) is 33.2 Å². The molecule has 8 heteroatoms. The van der Waals surface area contributed by atoms with E-state index in [-0.39, 0.29) is 17.0 Å². The molecule has 0 aromatic heterocycles. The third-order valence-corrected chi connectivity index (χ3v) is 3.69. The van der Waals surface area contributed by atoms with Crippen LogP contribution in [0.5, 0.6) is 0 Å². The van der Waals surface area contributed by atoms with Crippen LogP contribution in [0, 0.1) is 6.92 Å². The van der Waals surface area contributed by atoms with E-state index in [0.29, 0.717) is 11.4 Å². The van der Waals surface area contributed by atoms with Gasteiger partial charge in [-0.1, -0.05) is 12.1 Å². The van der Waals surface area contributed by atoms with Gasteiger partial charge in [-0.3, -0.25) is 9.59 Å². The summed E-state index contributed by atoms with van der Waals surface area (Å²) in [5, 5.41) is 5.15. The maximum absolute atomic E-state index is 12.1. The Kier molecular flexibility index (Phi) is 6.86. The number of rotatable bonds is 6. The van der Waals surface area contributed by atoms with Crippen molar-refractivity contribution in [1.82, 2.24) is 0 Å². The van der Waals surface area contributed by atoms with Gasteiger partial charge in [-0.25, -0.2) is 9.59 Å². The first-order chi connectivity index (χ1) is 13.3. The summed E-state index contributed by atoms with van der Waals surface area (Å²) in [5.41, 5.74) is 2.08. The lowest BCUT2D eigenvalue weighted by Gasteiger charge is -2.11. The lowest BCUT2D eigenvalue weighted by molar-refractivity contribution is -0.119. The van der Waals surface area contributed by atoms with Crippen molar-refractivity contribution in [3.63, 3.8) is 0 Å². The van der Waals surface area contributed by atoms with E-state index in [1.54, 1.807) is 31.2 Å². The Morgan fingerprint density at radius 2 is 1.64 bits per heavy atom. The van der Waals surface area contributed by atoms with E-state index in [0.717, 1.165) is 5.56 Å². The number of esters is 2. The highest BCUT2D eigenvalue weighted by Crippen LogP contribution is 2.18. The summed E-state index contributed by atoms with van der Waals surface area (Å²) in [6.45, 7) is 2.60. The number of hydrogen-bond donors (Lipinski definition) is 2. The second kappa shape index (κ2) is 9.31. The fourth-order valence-corrected chi connectivity index (χ4v) is 2.33. The first-order valence-electron chi connectivity index (χ1n) is 8.33. The van der Waals surface area contributed by atoms with Crippen LogP contribution in [-0.2, 0) is 19.1 Å². The summed E-state index contributed by atoms with van der Waals surface area (Å²) >= 11 is 0. The van der Waals surface area contributed by atoms with Gasteiger partial charge in [0, 0.05) is 18.3 Å². The van der Waals surface area contributed by atoms with E-state index in [1.165, 1.54) is 32.2 Å². The minimum atomic E-state index is -0.706. The van der Waals surface area contributed by atoms with Crippen molar-refractivity contribution in [3.05, 3.63) is 59.2 Å². The number of hydrogen-bond acceptors (Lipinski definition) is 6. The number of amides is 2. The molecule has 2 aromatic rings. The maximum atomic E-state index is 12.1. The number of methoxy groups -OCH3 is 1. The van der Waals surface area contributed by atoms with Gasteiger partial charge in [0.2, 0.25) is 5.91 Å². The molecule has 0 fully saturated rings. The number of nitrogens with one attached hydrogen (secondary N) is 2. The van der Waals surface area contributed by atoms with Crippen LogP contribution < -0.4 is 10.6 Å². The molecule has 2 amide bonds. The Morgan fingerprint density at radius 1 is 0.929 bits per heavy atom. The highest BCUT2D eigenvalue weighted by Gasteiger charge is 2.13. The number of ether oxygens (including phenoxy) is 2. The van der Waals surface area contributed by atoms with E-state index in [9.17, 15) is 19.2 Å². The highest BCUT2D eigenvalue weighted by molar-refractivity contribution is 5.98. The van der Waals surface area contributed by atoms with Crippen LogP contribution in [0.3, 0.4) is 0 Å². The summed E-state index contributed by atoms with van der Waals surface area (Å²) in [5.74, 6) is -2.06. The van der Waals surface area contributed by atoms with Gasteiger partial charge < -0.3 is 20.1 Å². The van der Waals surface area contributed by atoms with Crippen molar-refractivity contribution < 1.29 is 28.7 Å². The van der Waals surface area contributed by atoms with Crippen molar-refractivity contribution in [2.75, 3.05) is 24.4 Å². The molecule has 0 saturated heterocycles. The summed E-state index contributed by atoms with van der Waals surface area (Å²) < 4.78 is 9.66. The minimum Gasteiger partial charge on any atom is -0.465 e. The number of benzene rings is 2. The molecule has 2 N–H and O–H groups in total. The number of anilines is 2. The molecular weight excluding hydrogens is 364 g/mol. The van der Waals surface area contributed by atoms with Crippen molar-refractivity contribution in [2.24, 2.45) is 0 Å². The molecule has 0 heterocycles. The third kappa shape index (κ3) is 5.66. The van der Waals surface area contributed by atoms with E-state index in [1.807, 2.05) is 0 Å². The van der Waals surface area contributed by atoms with Crippen molar-refractivity contribution in [1.29, 1.82) is 0 Å². The molecule has 0 bridgehead atoms. The Hall–Kier alpha value is -3.68. The summed E-state index contributed by atoms with van der Waals surface area (Å²) in [6, 6.07) is 10.9. The van der Waals surface area contributed by atoms with Crippen LogP contribution in [-0.4, -0.2) is 37.5 Å². The molecular formula is C20H20N2O6. The SMILES string of the molecule is COC(=O)c1ccc(C)c(NC(=O)COC(=O)c2cccc(NC(C)=O)c2)c1. The molecule has 8 nitrogen and oxygen atoms in total. The molecule has 0 radical (unpaired) electrons. The molecule has 28 heavy (non-hydrogen) atoms. The standard InChI is InChI=1S/C20H20N2O6/c1-12-7-8-15(19(25)27-3)10-17(12)22-18(24)11-28-20(26)14-5-4-6-16(9-14)21-13(2)23/h4-10H,11H2,1-3H3,(H,21,23)(H,22,24). The number of carbonyl (C=O) groups is 4. The Morgan fingerprint density at radius 3 is 2.32 bits per heavy atom. The minimum absolute atomic E-state index is 0.197. The molecule has 0 aliphatic carbocycles. The molecule has 0 atom stereocenters. The van der Waals surface area contributed by atoms with Crippen LogP contribution in [0.4, 0.5) is 11.4 Å². The van der Waals surface area contributed by atoms with Crippen LogP contribution in [0.15, 0.2) is 42.5 Å². The molecule has 0 spiro atoms. The van der Waals surface area contributed by atoms with E-state index < -0.39 is 24.5 Å². The average molecular weight is 384 g/mol. The molecule has 0 aliphatic rings. The molecule has 0 saturated carbocycles. The maximum Gasteiger partial charge on any atom is 0.338 e. The first kappa shape index (κ1) is 20.6. The van der Waals surface area contributed by atoms with Gasteiger partial charge in [0.25, 0.3) is 5.91 Å². The van der Waals surface area contributed by atoms with Gasteiger partial charge in [0.05, 0.1) is 18.2 Å². The third-order valence-electron chi connectivity index (χ3n) is 3.69. The monoisotopic (exact) mass is 384 g/mol. The second-order valence-corrected chi connectivity index (χ2v) is 5.91. The van der Waals surface area contributed by atoms with Gasteiger partial charge in [-0.05, 0) is 42.8 Å². The summed E-state index contributed by atoms with van der Waals surface area (Å²) in [4.78, 5) is 46.9. The molecule has 2 rings (SSSR count). The quantitative estimate of drug-likeness (QED) is 0.741. The van der Waals surface area contributed by atoms with Gasteiger partial charge in [0.15, 0.2) is 6.61 Å². The van der Waals surface area contributed by atoms with Gasteiger partial charge in [-0.2, -0.15) is 0 Å². The lowest BCUT2D eigenvalue weighted by Crippen LogP contribution is -2.21. The van der Waals surface area contributed by atoms with Crippen LogP contribution in [0.25, 0.3) is 0 Å². The number of carbonyl (C=O) groups excluding carboxylic acids is 4. The van der Waals surface area contributed by atoms with Crippen molar-refractivity contribution in [2.45, 2.75) is 13.8 Å². The van der Waals surface area contributed by atoms with Crippen molar-refractivity contribution in [3.8, 4) is 0 Å². The van der Waals surface area contributed by atoms with Crippen LogP contribution >= 0.6 is 0 Å².